The molecule has 2 rings (SSSR count). The Bertz CT molecular complexity index is 396. The minimum Gasteiger partial charge on any atom is -0.469 e. The Kier molecular flexibility index (Phi) is 4.00. The molecule has 0 fully saturated rings. The lowest BCUT2D eigenvalue weighted by molar-refractivity contribution is 0.499. The van der Waals surface area contributed by atoms with Crippen LogP contribution in [0.15, 0.2) is 38.7 Å². The molecule has 15 heavy (non-hydrogen) atoms. The van der Waals surface area contributed by atoms with Crippen molar-refractivity contribution in [2.75, 3.05) is 6.54 Å². The Labute approximate surface area is 101 Å². The maximum atomic E-state index is 5.24. The molecule has 0 aliphatic rings. The second-order valence-electron chi connectivity index (χ2n) is 3.24. The van der Waals surface area contributed by atoms with E-state index in [0.29, 0.717) is 0 Å². The van der Waals surface area contributed by atoms with E-state index in [9.17, 15) is 0 Å². The van der Waals surface area contributed by atoms with E-state index in [0.717, 1.165) is 29.7 Å². The van der Waals surface area contributed by atoms with Crippen molar-refractivity contribution in [2.24, 2.45) is 0 Å². The lowest BCUT2D eigenvalue weighted by Crippen LogP contribution is -2.15. The summed E-state index contributed by atoms with van der Waals surface area (Å²) in [4.78, 5) is 1.35. The lowest BCUT2D eigenvalue weighted by Gasteiger charge is -2.00. The molecule has 0 unspecified atom stereocenters. The van der Waals surface area contributed by atoms with Crippen LogP contribution < -0.4 is 5.32 Å². The van der Waals surface area contributed by atoms with E-state index in [1.54, 1.807) is 17.6 Å². The summed E-state index contributed by atoms with van der Waals surface area (Å²) in [6.45, 7) is 1.88. The molecule has 4 heteroatoms. The molecule has 80 valence electrons. The zero-order valence-electron chi connectivity index (χ0n) is 8.20. The summed E-state index contributed by atoms with van der Waals surface area (Å²) in [7, 11) is 0. The lowest BCUT2D eigenvalue weighted by atomic mass is 10.3. The Balaban J connectivity index is 1.67. The van der Waals surface area contributed by atoms with Gasteiger partial charge in [0, 0.05) is 34.2 Å². The van der Waals surface area contributed by atoms with Crippen molar-refractivity contribution in [3.8, 4) is 0 Å². The zero-order chi connectivity index (χ0) is 10.5. The summed E-state index contributed by atoms with van der Waals surface area (Å²) in [5.41, 5.74) is 0. The molecule has 2 aromatic rings. The van der Waals surface area contributed by atoms with E-state index in [2.05, 4.69) is 32.7 Å². The number of hydrogen-bond acceptors (Lipinski definition) is 3. The average molecular weight is 286 g/mol. The van der Waals surface area contributed by atoms with E-state index < -0.39 is 0 Å². The maximum absolute atomic E-state index is 5.24. The highest BCUT2D eigenvalue weighted by Gasteiger charge is 1.98. The fraction of sp³-hybridized carbons (Fsp3) is 0.273. The number of rotatable bonds is 5. The summed E-state index contributed by atoms with van der Waals surface area (Å²) < 4.78 is 6.41. The number of hydrogen-bond donors (Lipinski definition) is 1. The van der Waals surface area contributed by atoms with Crippen LogP contribution in [-0.4, -0.2) is 6.54 Å². The quantitative estimate of drug-likeness (QED) is 0.852. The summed E-state index contributed by atoms with van der Waals surface area (Å²) in [5.74, 6) is 1.04. The summed E-state index contributed by atoms with van der Waals surface area (Å²) >= 11 is 5.20. The van der Waals surface area contributed by atoms with Gasteiger partial charge in [0.25, 0.3) is 0 Å². The van der Waals surface area contributed by atoms with Gasteiger partial charge in [-0.05, 0) is 34.1 Å². The smallest absolute Gasteiger partial charge is 0.105 e. The van der Waals surface area contributed by atoms with E-state index in [4.69, 9.17) is 4.42 Å². The fourth-order valence-electron chi connectivity index (χ4n) is 1.32. The molecule has 0 aliphatic heterocycles. The number of halogens is 1. The monoisotopic (exact) mass is 285 g/mol. The van der Waals surface area contributed by atoms with Crippen LogP contribution in [0.4, 0.5) is 0 Å². The Morgan fingerprint density at radius 1 is 1.47 bits per heavy atom. The van der Waals surface area contributed by atoms with Crippen molar-refractivity contribution in [3.63, 3.8) is 0 Å². The van der Waals surface area contributed by atoms with Gasteiger partial charge in [-0.1, -0.05) is 0 Å². The molecule has 2 nitrogen and oxygen atoms in total. The van der Waals surface area contributed by atoms with Gasteiger partial charge in [-0.25, -0.2) is 0 Å². The van der Waals surface area contributed by atoms with Crippen LogP contribution in [0.3, 0.4) is 0 Å². The second kappa shape index (κ2) is 5.49. The van der Waals surface area contributed by atoms with E-state index in [1.165, 1.54) is 4.88 Å². The molecule has 0 aliphatic carbocycles. The maximum Gasteiger partial charge on any atom is 0.105 e. The minimum atomic E-state index is 0.928. The summed E-state index contributed by atoms with van der Waals surface area (Å²) in [6, 6.07) is 6.07. The number of furan rings is 1. The molecule has 0 atom stereocenters. The van der Waals surface area contributed by atoms with Gasteiger partial charge in [-0.3, -0.25) is 0 Å². The highest BCUT2D eigenvalue weighted by molar-refractivity contribution is 9.10. The van der Waals surface area contributed by atoms with Crippen molar-refractivity contribution in [2.45, 2.75) is 13.0 Å². The first kappa shape index (κ1) is 10.9. The molecule has 2 heterocycles. The predicted octanol–water partition coefficient (Wildman–Crippen LogP) is 3.44. The number of nitrogens with one attached hydrogen (secondary N) is 1. The first-order valence-corrected chi connectivity index (χ1v) is 6.48. The Morgan fingerprint density at radius 3 is 3.07 bits per heavy atom. The van der Waals surface area contributed by atoms with Gasteiger partial charge < -0.3 is 9.73 Å². The highest BCUT2D eigenvalue weighted by atomic mass is 79.9. The van der Waals surface area contributed by atoms with Gasteiger partial charge in [0.15, 0.2) is 0 Å². The van der Waals surface area contributed by atoms with Gasteiger partial charge in [-0.2, -0.15) is 0 Å². The largest absolute Gasteiger partial charge is 0.469 e. The molecule has 0 spiro atoms. The number of thiophene rings is 1. The first-order valence-electron chi connectivity index (χ1n) is 4.80. The van der Waals surface area contributed by atoms with Crippen molar-refractivity contribution in [1.29, 1.82) is 0 Å². The van der Waals surface area contributed by atoms with E-state index >= 15 is 0 Å². The topological polar surface area (TPSA) is 25.2 Å². The molecule has 0 saturated heterocycles. The van der Waals surface area contributed by atoms with Gasteiger partial charge in [-0.15, -0.1) is 11.3 Å². The van der Waals surface area contributed by atoms with Crippen LogP contribution >= 0.6 is 27.3 Å². The molecule has 0 radical (unpaired) electrons. The standard InChI is InChI=1S/C11H12BrNOS/c12-9-6-11(15-8-9)7-13-4-3-10-2-1-5-14-10/h1-2,5-6,8,13H,3-4,7H2. The zero-order valence-corrected chi connectivity index (χ0v) is 10.6. The first-order chi connectivity index (χ1) is 7.34. The van der Waals surface area contributed by atoms with Crippen molar-refractivity contribution in [1.82, 2.24) is 5.32 Å². The van der Waals surface area contributed by atoms with Crippen molar-refractivity contribution < 1.29 is 4.42 Å². The van der Waals surface area contributed by atoms with Crippen LogP contribution in [0.25, 0.3) is 0 Å². The van der Waals surface area contributed by atoms with Gasteiger partial charge >= 0.3 is 0 Å². The van der Waals surface area contributed by atoms with Crippen molar-refractivity contribution >= 4 is 27.3 Å². The third-order valence-electron chi connectivity index (χ3n) is 2.05. The molecule has 0 aromatic carbocycles. The average Bonchev–Trinajstić information content (AvgIpc) is 2.84. The molecular weight excluding hydrogens is 274 g/mol. The van der Waals surface area contributed by atoms with E-state index in [1.807, 2.05) is 12.1 Å². The molecule has 0 amide bonds. The van der Waals surface area contributed by atoms with Crippen LogP contribution in [0.5, 0.6) is 0 Å². The predicted molar refractivity (Wildman–Crippen MR) is 66.1 cm³/mol. The fourth-order valence-corrected chi connectivity index (χ4v) is 2.75. The minimum absolute atomic E-state index is 0.928. The van der Waals surface area contributed by atoms with Gasteiger partial charge in [0.2, 0.25) is 0 Å². The van der Waals surface area contributed by atoms with Gasteiger partial charge in [0.05, 0.1) is 6.26 Å². The van der Waals surface area contributed by atoms with Gasteiger partial charge in [0.1, 0.15) is 5.76 Å². The van der Waals surface area contributed by atoms with E-state index in [-0.39, 0.29) is 0 Å². The SMILES string of the molecule is Brc1csc(CNCCc2ccco2)c1. The van der Waals surface area contributed by atoms with Crippen LogP contribution in [0.2, 0.25) is 0 Å². The van der Waals surface area contributed by atoms with Crippen molar-refractivity contribution in [3.05, 3.63) is 45.0 Å². The third kappa shape index (κ3) is 3.48. The third-order valence-corrected chi connectivity index (χ3v) is 3.75. The molecule has 0 bridgehead atoms. The van der Waals surface area contributed by atoms with Crippen LogP contribution in [0.1, 0.15) is 10.6 Å². The second-order valence-corrected chi connectivity index (χ2v) is 5.15. The highest BCUT2D eigenvalue weighted by Crippen LogP contribution is 2.19. The molecule has 0 saturated carbocycles. The normalized spacial score (nSPS) is 10.7. The Morgan fingerprint density at radius 2 is 2.40 bits per heavy atom. The summed E-state index contributed by atoms with van der Waals surface area (Å²) in [6.07, 6.45) is 2.66. The van der Waals surface area contributed by atoms with Crippen LogP contribution in [-0.2, 0) is 13.0 Å². The van der Waals surface area contributed by atoms with Crippen LogP contribution in [0, 0.1) is 0 Å². The molecule has 1 N–H and O–H groups in total. The molecule has 2 aromatic heterocycles. The Hall–Kier alpha value is -0.580. The summed E-state index contributed by atoms with van der Waals surface area (Å²) in [5, 5.41) is 5.48. The molecular formula is C11H12BrNOS.